The van der Waals surface area contributed by atoms with Crippen LogP contribution >= 0.6 is 0 Å². The number of benzene rings is 1. The van der Waals surface area contributed by atoms with Gasteiger partial charge >= 0.3 is 0 Å². The molecule has 0 saturated carbocycles. The van der Waals surface area contributed by atoms with E-state index in [1.807, 2.05) is 0 Å². The molecule has 2 aliphatic heterocycles. The Balaban J connectivity index is 1.73. The van der Waals surface area contributed by atoms with Crippen molar-refractivity contribution in [2.24, 2.45) is 0 Å². The zero-order chi connectivity index (χ0) is 19.0. The average Bonchev–Trinajstić information content (AvgIpc) is 3.11. The summed E-state index contributed by atoms with van der Waals surface area (Å²) in [5, 5.41) is 0.392. The van der Waals surface area contributed by atoms with Gasteiger partial charge in [0, 0.05) is 19.4 Å². The molecule has 27 heavy (non-hydrogen) atoms. The Kier molecular flexibility index (Phi) is 4.73. The molecule has 3 heterocycles. The van der Waals surface area contributed by atoms with Crippen LogP contribution < -0.4 is 15.2 Å². The Labute approximate surface area is 155 Å². The first-order chi connectivity index (χ1) is 12.9. The molecule has 2 N–H and O–H groups in total. The van der Waals surface area contributed by atoms with E-state index in [1.165, 1.54) is 6.33 Å². The molecule has 2 atom stereocenters. The van der Waals surface area contributed by atoms with Crippen LogP contribution in [0.5, 0.6) is 11.5 Å². The molecule has 0 amide bonds. The number of nitrogens with two attached hydrogens (primary N) is 1. The van der Waals surface area contributed by atoms with Crippen LogP contribution in [0.15, 0.2) is 18.5 Å². The normalized spacial score (nSPS) is 25.6. The molecule has 0 unspecified atom stereocenters. The minimum absolute atomic E-state index is 0.159. The number of nitrogens with zero attached hydrogens (tertiary/aromatic N) is 3. The number of ether oxygens (including phenoxy) is 3. The molecule has 4 rings (SSSR count). The van der Waals surface area contributed by atoms with Crippen molar-refractivity contribution in [2.45, 2.75) is 31.0 Å². The van der Waals surface area contributed by atoms with Crippen LogP contribution in [0.2, 0.25) is 0 Å². The number of hydrogen-bond acceptors (Lipinski definition) is 7. The summed E-state index contributed by atoms with van der Waals surface area (Å²) in [4.78, 5) is 9.75. The number of alkyl halides is 2. The van der Waals surface area contributed by atoms with Crippen molar-refractivity contribution in [3.05, 3.63) is 18.5 Å². The number of nitrogen functional groups attached to an aromatic ring is 1. The van der Waals surface area contributed by atoms with Gasteiger partial charge in [0.25, 0.3) is 5.92 Å². The summed E-state index contributed by atoms with van der Waals surface area (Å²) in [5.41, 5.74) is 6.54. The van der Waals surface area contributed by atoms with Gasteiger partial charge in [-0.2, -0.15) is 0 Å². The largest absolute Gasteiger partial charge is 0.484 e. The van der Waals surface area contributed by atoms with Gasteiger partial charge in [0.05, 0.1) is 30.7 Å². The van der Waals surface area contributed by atoms with Crippen LogP contribution in [0, 0.1) is 0 Å². The topological polar surface area (TPSA) is 82.7 Å². The quantitative estimate of drug-likeness (QED) is 0.870. The number of likely N-dealkylation sites (tertiary alicyclic amines) is 1. The smallest absolute Gasteiger partial charge is 0.296 e. The number of aromatic nitrogens is 2. The third kappa shape index (κ3) is 3.61. The van der Waals surface area contributed by atoms with Crippen LogP contribution in [0.3, 0.4) is 0 Å². The van der Waals surface area contributed by atoms with E-state index >= 15 is 0 Å². The van der Waals surface area contributed by atoms with Crippen molar-refractivity contribution in [3.8, 4) is 11.5 Å². The summed E-state index contributed by atoms with van der Waals surface area (Å²) >= 11 is 0. The van der Waals surface area contributed by atoms with Crippen molar-refractivity contribution >= 4 is 16.7 Å². The molecule has 2 fully saturated rings. The van der Waals surface area contributed by atoms with Crippen LogP contribution in [0.4, 0.5) is 14.6 Å². The zero-order valence-electron chi connectivity index (χ0n) is 15.0. The van der Waals surface area contributed by atoms with Crippen LogP contribution in [-0.4, -0.2) is 66.3 Å². The lowest BCUT2D eigenvalue weighted by atomic mass is 10.0. The van der Waals surface area contributed by atoms with E-state index in [-0.39, 0.29) is 30.6 Å². The molecule has 1 aromatic heterocycles. The van der Waals surface area contributed by atoms with Crippen LogP contribution in [0.1, 0.15) is 12.8 Å². The molecule has 0 radical (unpaired) electrons. The first-order valence-corrected chi connectivity index (χ1v) is 8.94. The lowest BCUT2D eigenvalue weighted by Gasteiger charge is -2.36. The fourth-order valence-electron chi connectivity index (χ4n) is 3.50. The van der Waals surface area contributed by atoms with Gasteiger partial charge in [0.1, 0.15) is 18.2 Å². The average molecular weight is 380 g/mol. The molecule has 0 spiro atoms. The highest BCUT2D eigenvalue weighted by Crippen LogP contribution is 2.41. The van der Waals surface area contributed by atoms with Gasteiger partial charge in [0.2, 0.25) is 0 Å². The summed E-state index contributed by atoms with van der Waals surface area (Å²) in [7, 11) is 1.67. The maximum atomic E-state index is 14.6. The predicted octanol–water partition coefficient (Wildman–Crippen LogP) is 2.10. The van der Waals surface area contributed by atoms with Crippen molar-refractivity contribution in [1.29, 1.82) is 0 Å². The predicted molar refractivity (Wildman–Crippen MR) is 95.3 cm³/mol. The van der Waals surface area contributed by atoms with Gasteiger partial charge in [-0.15, -0.1) is 0 Å². The van der Waals surface area contributed by atoms with E-state index in [9.17, 15) is 8.78 Å². The summed E-state index contributed by atoms with van der Waals surface area (Å²) in [6, 6.07) is 3.40. The highest BCUT2D eigenvalue weighted by Gasteiger charge is 2.46. The SMILES string of the molecule is CN1CC[C@@H](Oc2c(O[C@H]3CCOC3)ccc3ncnc(N)c23)C(F)(F)C1. The molecule has 2 saturated heterocycles. The van der Waals surface area contributed by atoms with Crippen molar-refractivity contribution in [2.75, 3.05) is 39.1 Å². The molecule has 9 heteroatoms. The number of fused-ring (bicyclic) bond motifs is 1. The number of halogens is 2. The Bertz CT molecular complexity index is 830. The van der Waals surface area contributed by atoms with Crippen molar-refractivity contribution in [3.63, 3.8) is 0 Å². The van der Waals surface area contributed by atoms with E-state index in [0.29, 0.717) is 36.4 Å². The van der Waals surface area contributed by atoms with Gasteiger partial charge < -0.3 is 24.8 Å². The molecule has 146 valence electrons. The molecule has 1 aromatic carbocycles. The van der Waals surface area contributed by atoms with Gasteiger partial charge in [-0.05, 0) is 19.2 Å². The maximum Gasteiger partial charge on any atom is 0.296 e. The molecule has 2 aliphatic rings. The van der Waals surface area contributed by atoms with Gasteiger partial charge in [-0.25, -0.2) is 18.7 Å². The monoisotopic (exact) mass is 380 g/mol. The Hall–Kier alpha value is -2.26. The van der Waals surface area contributed by atoms with Crippen LogP contribution in [0.25, 0.3) is 10.9 Å². The number of rotatable bonds is 4. The molecule has 7 nitrogen and oxygen atoms in total. The summed E-state index contributed by atoms with van der Waals surface area (Å²) in [6.45, 7) is 1.21. The Morgan fingerprint density at radius 1 is 1.26 bits per heavy atom. The van der Waals surface area contributed by atoms with Crippen molar-refractivity contribution < 1.29 is 23.0 Å². The Morgan fingerprint density at radius 3 is 2.85 bits per heavy atom. The summed E-state index contributed by atoms with van der Waals surface area (Å²) in [6.07, 6.45) is 0.814. The van der Waals surface area contributed by atoms with Crippen molar-refractivity contribution in [1.82, 2.24) is 14.9 Å². The Morgan fingerprint density at radius 2 is 2.11 bits per heavy atom. The molecule has 0 aliphatic carbocycles. The third-order valence-corrected chi connectivity index (χ3v) is 4.92. The van der Waals surface area contributed by atoms with E-state index in [2.05, 4.69) is 9.97 Å². The number of anilines is 1. The van der Waals surface area contributed by atoms with Gasteiger partial charge in [-0.3, -0.25) is 0 Å². The van der Waals surface area contributed by atoms with Gasteiger partial charge in [-0.1, -0.05) is 0 Å². The standard InChI is InChI=1S/C18H22F2N4O3/c1-24-6-4-14(18(19,20)9-24)27-16-13(26-11-5-7-25-8-11)3-2-12-15(16)17(21)23-10-22-12/h2-3,10-11,14H,4-9H2,1H3,(H2,21,22,23)/t11-,14+/m0/s1. The lowest BCUT2D eigenvalue weighted by molar-refractivity contribution is -0.135. The highest BCUT2D eigenvalue weighted by atomic mass is 19.3. The number of hydrogen-bond donors (Lipinski definition) is 1. The van der Waals surface area contributed by atoms with E-state index in [1.54, 1.807) is 24.1 Å². The van der Waals surface area contributed by atoms with Crippen LogP contribution in [-0.2, 0) is 4.74 Å². The second-order valence-corrected chi connectivity index (χ2v) is 7.04. The summed E-state index contributed by atoms with van der Waals surface area (Å²) in [5.74, 6) is -2.30. The molecular formula is C18H22F2N4O3. The van der Waals surface area contributed by atoms with E-state index in [0.717, 1.165) is 6.42 Å². The second-order valence-electron chi connectivity index (χ2n) is 7.04. The minimum atomic E-state index is -2.99. The highest BCUT2D eigenvalue weighted by molar-refractivity contribution is 5.95. The molecular weight excluding hydrogens is 358 g/mol. The number of piperidine rings is 1. The first kappa shape index (κ1) is 18.1. The summed E-state index contributed by atoms with van der Waals surface area (Å²) < 4.78 is 46.3. The molecule has 2 aromatic rings. The third-order valence-electron chi connectivity index (χ3n) is 4.92. The van der Waals surface area contributed by atoms with E-state index in [4.69, 9.17) is 19.9 Å². The van der Waals surface area contributed by atoms with Gasteiger partial charge in [0.15, 0.2) is 17.6 Å². The second kappa shape index (κ2) is 7.05. The zero-order valence-corrected chi connectivity index (χ0v) is 15.0. The van der Waals surface area contributed by atoms with E-state index < -0.39 is 12.0 Å². The fourth-order valence-corrected chi connectivity index (χ4v) is 3.50. The first-order valence-electron chi connectivity index (χ1n) is 8.94. The fraction of sp³-hybridized carbons (Fsp3) is 0.556. The lowest BCUT2D eigenvalue weighted by Crippen LogP contribution is -2.52. The molecule has 0 bridgehead atoms. The minimum Gasteiger partial charge on any atom is -0.484 e. The maximum absolute atomic E-state index is 14.6.